The zero-order valence-electron chi connectivity index (χ0n) is 9.47. The Morgan fingerprint density at radius 2 is 2.50 bits per heavy atom. The number of carboxylic acid groups (broad SMARTS) is 1. The third-order valence-electron chi connectivity index (χ3n) is 2.51. The van der Waals surface area contributed by atoms with Gasteiger partial charge in [0, 0.05) is 11.3 Å². The van der Waals surface area contributed by atoms with Crippen LogP contribution in [0, 0.1) is 11.5 Å². The Kier molecular flexibility index (Phi) is 3.02. The van der Waals surface area contributed by atoms with Gasteiger partial charge >= 0.3 is 5.97 Å². The monoisotopic (exact) mass is 246 g/mol. The predicted octanol–water partition coefficient (Wildman–Crippen LogP) is 0.709. The van der Waals surface area contributed by atoms with E-state index in [1.54, 1.807) is 19.2 Å². The Morgan fingerprint density at radius 1 is 1.72 bits per heavy atom. The van der Waals surface area contributed by atoms with Gasteiger partial charge < -0.3 is 14.8 Å². The van der Waals surface area contributed by atoms with Crippen LogP contribution in [-0.4, -0.2) is 17.0 Å². The number of rotatable bonds is 2. The summed E-state index contributed by atoms with van der Waals surface area (Å²) < 4.78 is 4.94. The molecule has 0 aromatic carbocycles. The van der Waals surface area contributed by atoms with E-state index in [4.69, 9.17) is 9.68 Å². The van der Waals surface area contributed by atoms with Gasteiger partial charge in [0.1, 0.15) is 6.04 Å². The molecule has 2 heterocycles. The quantitative estimate of drug-likeness (QED) is 0.523. The number of furan rings is 1. The molecule has 18 heavy (non-hydrogen) atoms. The topological polar surface area (TPSA) is 111 Å². The zero-order valence-corrected chi connectivity index (χ0v) is 9.47. The summed E-state index contributed by atoms with van der Waals surface area (Å²) in [5.74, 6) is -0.850. The van der Waals surface area contributed by atoms with Gasteiger partial charge in [0.05, 0.1) is 18.1 Å². The van der Waals surface area contributed by atoms with Gasteiger partial charge in [0.2, 0.25) is 5.96 Å². The van der Waals surface area contributed by atoms with E-state index in [2.05, 4.69) is 15.6 Å². The summed E-state index contributed by atoms with van der Waals surface area (Å²) in [6, 6.07) is 0.943. The molecule has 7 heteroatoms. The molecule has 0 amide bonds. The van der Waals surface area contributed by atoms with Crippen molar-refractivity contribution in [3.05, 3.63) is 35.4 Å². The first kappa shape index (κ1) is 11.7. The minimum Gasteiger partial charge on any atom is -0.478 e. The molecule has 0 spiro atoms. The van der Waals surface area contributed by atoms with Crippen molar-refractivity contribution >= 4 is 11.9 Å². The van der Waals surface area contributed by atoms with E-state index in [1.807, 2.05) is 0 Å². The number of carbonyl (C=O) groups is 1. The molecule has 1 aromatic rings. The van der Waals surface area contributed by atoms with Crippen LogP contribution in [0.1, 0.15) is 18.5 Å². The zero-order chi connectivity index (χ0) is 13.1. The second-order valence-electron chi connectivity index (χ2n) is 3.64. The lowest BCUT2D eigenvalue weighted by Gasteiger charge is -2.22. The van der Waals surface area contributed by atoms with E-state index in [1.165, 1.54) is 12.5 Å². The first-order valence-electron chi connectivity index (χ1n) is 5.09. The van der Waals surface area contributed by atoms with Gasteiger partial charge in [-0.3, -0.25) is 5.32 Å². The molecule has 92 valence electrons. The molecule has 3 N–H and O–H groups in total. The first-order valence-corrected chi connectivity index (χ1v) is 5.09. The van der Waals surface area contributed by atoms with E-state index in [-0.39, 0.29) is 11.5 Å². The molecule has 0 bridgehead atoms. The molecule has 0 saturated heterocycles. The molecule has 0 fully saturated rings. The second-order valence-corrected chi connectivity index (χ2v) is 3.64. The van der Waals surface area contributed by atoms with Gasteiger partial charge in [-0.15, -0.1) is 0 Å². The van der Waals surface area contributed by atoms with Gasteiger partial charge in [-0.05, 0) is 13.0 Å². The van der Waals surface area contributed by atoms with E-state index in [9.17, 15) is 9.90 Å². The van der Waals surface area contributed by atoms with Crippen LogP contribution in [-0.2, 0) is 4.79 Å². The summed E-state index contributed by atoms with van der Waals surface area (Å²) in [7, 11) is 0. The first-order chi connectivity index (χ1) is 8.63. The van der Waals surface area contributed by atoms with Crippen LogP contribution in [0.25, 0.3) is 0 Å². The second kappa shape index (κ2) is 4.63. The van der Waals surface area contributed by atoms with Crippen LogP contribution in [0.5, 0.6) is 0 Å². The van der Waals surface area contributed by atoms with E-state index >= 15 is 0 Å². The Bertz CT molecular complexity index is 566. The van der Waals surface area contributed by atoms with E-state index in [0.717, 1.165) is 0 Å². The lowest BCUT2D eigenvalue weighted by molar-refractivity contribution is -0.133. The number of guanidine groups is 1. The summed E-state index contributed by atoms with van der Waals surface area (Å²) >= 11 is 0. The van der Waals surface area contributed by atoms with Gasteiger partial charge in [-0.25, -0.2) is 9.79 Å². The Hall–Kier alpha value is -2.75. The summed E-state index contributed by atoms with van der Waals surface area (Å²) in [4.78, 5) is 15.4. The molecule has 7 nitrogen and oxygen atoms in total. The third kappa shape index (κ3) is 2.04. The van der Waals surface area contributed by atoms with Crippen LogP contribution < -0.4 is 10.6 Å². The van der Waals surface area contributed by atoms with Crippen LogP contribution in [0.2, 0.25) is 0 Å². The minimum atomic E-state index is -1.06. The van der Waals surface area contributed by atoms with Gasteiger partial charge in [0.25, 0.3) is 0 Å². The fourth-order valence-electron chi connectivity index (χ4n) is 1.74. The highest BCUT2D eigenvalue weighted by Gasteiger charge is 2.29. The van der Waals surface area contributed by atoms with Crippen molar-refractivity contribution in [2.75, 3.05) is 0 Å². The molecule has 1 aliphatic heterocycles. The Balaban J connectivity index is 2.44. The van der Waals surface area contributed by atoms with Crippen LogP contribution in [0.4, 0.5) is 0 Å². The fourth-order valence-corrected chi connectivity index (χ4v) is 1.74. The molecular formula is C11H10N4O3. The Morgan fingerprint density at radius 3 is 3.06 bits per heavy atom. The summed E-state index contributed by atoms with van der Waals surface area (Å²) in [5.41, 5.74) is 1.17. The molecule has 0 saturated carbocycles. The van der Waals surface area contributed by atoms with Crippen molar-refractivity contribution in [1.29, 1.82) is 5.26 Å². The van der Waals surface area contributed by atoms with E-state index < -0.39 is 12.0 Å². The largest absolute Gasteiger partial charge is 0.478 e. The summed E-state index contributed by atoms with van der Waals surface area (Å²) in [6.45, 7) is 1.62. The lowest BCUT2D eigenvalue weighted by Crippen LogP contribution is -2.38. The highest BCUT2D eigenvalue weighted by atomic mass is 16.4. The van der Waals surface area contributed by atoms with Crippen LogP contribution >= 0.6 is 0 Å². The summed E-state index contributed by atoms with van der Waals surface area (Å²) in [6.07, 6.45) is 4.60. The normalized spacial score (nSPS) is 18.7. The van der Waals surface area contributed by atoms with Crippen molar-refractivity contribution in [2.45, 2.75) is 13.0 Å². The van der Waals surface area contributed by atoms with Gasteiger partial charge in [-0.1, -0.05) is 0 Å². The molecule has 0 radical (unpaired) electrons. The molecule has 1 aromatic heterocycles. The third-order valence-corrected chi connectivity index (χ3v) is 2.51. The molecule has 1 aliphatic rings. The van der Waals surface area contributed by atoms with E-state index in [0.29, 0.717) is 11.3 Å². The number of aliphatic imine (C=N–C) groups is 1. The molecule has 1 atom stereocenters. The molecule has 2 rings (SSSR count). The smallest absolute Gasteiger partial charge is 0.335 e. The number of nitrogens with one attached hydrogen (secondary N) is 2. The number of nitrogens with zero attached hydrogens (tertiary/aromatic N) is 2. The van der Waals surface area contributed by atoms with Crippen molar-refractivity contribution in [3.8, 4) is 6.19 Å². The molecule has 0 unspecified atom stereocenters. The minimum absolute atomic E-state index is 0.125. The SMILES string of the molecule is CC1=C(C(=O)O)[C@@H](c2ccoc2)N=C(NC#N)N1. The number of allylic oxidation sites excluding steroid dienone is 1. The highest BCUT2D eigenvalue weighted by Crippen LogP contribution is 2.30. The van der Waals surface area contributed by atoms with Crippen molar-refractivity contribution < 1.29 is 14.3 Å². The van der Waals surface area contributed by atoms with Gasteiger partial charge in [-0.2, -0.15) is 5.26 Å². The summed E-state index contributed by atoms with van der Waals surface area (Å²) in [5, 5.41) is 22.9. The fraction of sp³-hybridized carbons (Fsp3) is 0.182. The number of aliphatic carboxylic acids is 1. The number of nitriles is 1. The van der Waals surface area contributed by atoms with Gasteiger partial charge in [0.15, 0.2) is 6.19 Å². The van der Waals surface area contributed by atoms with Crippen molar-refractivity contribution in [1.82, 2.24) is 10.6 Å². The maximum Gasteiger partial charge on any atom is 0.335 e. The Labute approximate surface area is 102 Å². The average Bonchev–Trinajstić information content (AvgIpc) is 2.81. The highest BCUT2D eigenvalue weighted by molar-refractivity contribution is 5.94. The average molecular weight is 246 g/mol. The number of carboxylic acids is 1. The molecular weight excluding hydrogens is 236 g/mol. The van der Waals surface area contributed by atoms with Crippen molar-refractivity contribution in [2.24, 2.45) is 4.99 Å². The predicted molar refractivity (Wildman–Crippen MR) is 61.1 cm³/mol. The maximum absolute atomic E-state index is 11.3. The number of hydrogen-bond acceptors (Lipinski definition) is 6. The standard InChI is InChI=1S/C11H10N4O3/c1-6-8(10(16)17)9(7-2-3-18-4-7)15-11(14-6)13-5-12/h2-4,9H,1H3,(H,16,17)(H2,13,14,15)/t9-/m1/s1. The van der Waals surface area contributed by atoms with Crippen LogP contribution in [0.15, 0.2) is 39.3 Å². The van der Waals surface area contributed by atoms with Crippen LogP contribution in [0.3, 0.4) is 0 Å². The number of hydrogen-bond donors (Lipinski definition) is 3. The lowest BCUT2D eigenvalue weighted by atomic mass is 9.99. The van der Waals surface area contributed by atoms with Crippen molar-refractivity contribution in [3.63, 3.8) is 0 Å². The maximum atomic E-state index is 11.3. The molecule has 0 aliphatic carbocycles.